The van der Waals surface area contributed by atoms with Crippen LogP contribution in [0.1, 0.15) is 59.8 Å². The number of anilines is 2. The molecule has 0 amide bonds. The fourth-order valence-electron chi connectivity index (χ4n) is 3.76. The molecule has 0 fully saturated rings. The molecule has 4 N–H and O–H groups in total. The van der Waals surface area contributed by atoms with E-state index < -0.39 is 0 Å². The summed E-state index contributed by atoms with van der Waals surface area (Å²) in [6.07, 6.45) is 10.8. The minimum atomic E-state index is -0.0684. The molecule has 1 unspecified atom stereocenters. The number of rotatable bonds is 6. The number of aromatic amines is 1. The maximum atomic E-state index is 6.24. The molecule has 5 heteroatoms. The largest absolute Gasteiger partial charge is 0.365 e. The van der Waals surface area contributed by atoms with Crippen LogP contribution in [0.15, 0.2) is 65.6 Å². The van der Waals surface area contributed by atoms with Crippen LogP contribution in [0.5, 0.6) is 0 Å². The molecule has 4 rings (SSSR count). The van der Waals surface area contributed by atoms with Crippen molar-refractivity contribution in [3.05, 3.63) is 94.1 Å². The molecule has 2 aromatic heterocycles. The first kappa shape index (κ1) is 20.8. The lowest BCUT2D eigenvalue weighted by Gasteiger charge is -2.17. The van der Waals surface area contributed by atoms with Gasteiger partial charge in [-0.3, -0.25) is 4.99 Å². The van der Waals surface area contributed by atoms with Crippen molar-refractivity contribution in [3.63, 3.8) is 0 Å². The highest BCUT2D eigenvalue weighted by Gasteiger charge is 2.20. The normalized spacial score (nSPS) is 16.0. The lowest BCUT2D eigenvalue weighted by molar-refractivity contribution is 0.930. The number of fused-ring (bicyclic) bond motifs is 1. The van der Waals surface area contributed by atoms with Gasteiger partial charge >= 0.3 is 0 Å². The van der Waals surface area contributed by atoms with Gasteiger partial charge in [0, 0.05) is 47.0 Å². The minimum Gasteiger partial charge on any atom is -0.365 e. The molecule has 0 radical (unpaired) electrons. The van der Waals surface area contributed by atoms with Gasteiger partial charge in [-0.25, -0.2) is 4.98 Å². The quantitative estimate of drug-likeness (QED) is 0.439. The van der Waals surface area contributed by atoms with Crippen LogP contribution in [0.2, 0.25) is 0 Å². The Labute approximate surface area is 183 Å². The van der Waals surface area contributed by atoms with Gasteiger partial charge in [-0.15, -0.1) is 0 Å². The average molecular weight is 412 g/mol. The van der Waals surface area contributed by atoms with Gasteiger partial charge in [0.2, 0.25) is 0 Å². The summed E-state index contributed by atoms with van der Waals surface area (Å²) in [5.41, 5.74) is 15.9. The summed E-state index contributed by atoms with van der Waals surface area (Å²) in [6.45, 7) is 8.39. The highest BCUT2D eigenvalue weighted by molar-refractivity contribution is 6.16. The number of nitrogens with two attached hydrogens (primary N) is 1. The number of allylic oxidation sites excluding steroid dienone is 1. The number of benzene rings is 1. The molecule has 5 nitrogen and oxygen atoms in total. The zero-order chi connectivity index (χ0) is 22.0. The van der Waals surface area contributed by atoms with Crippen LogP contribution in [0.25, 0.3) is 6.08 Å². The van der Waals surface area contributed by atoms with Crippen molar-refractivity contribution < 1.29 is 0 Å². The fraction of sp³-hybridized carbons (Fsp3) is 0.231. The van der Waals surface area contributed by atoms with Crippen molar-refractivity contribution in [2.45, 2.75) is 40.2 Å². The zero-order valence-corrected chi connectivity index (χ0v) is 18.5. The molecule has 1 atom stereocenters. The number of aryl methyl sites for hydroxylation is 2. The topological polar surface area (TPSA) is 79.1 Å². The summed E-state index contributed by atoms with van der Waals surface area (Å²) < 4.78 is 0. The average Bonchev–Trinajstić information content (AvgIpc) is 3.36. The molecule has 1 aliphatic carbocycles. The van der Waals surface area contributed by atoms with E-state index in [9.17, 15) is 0 Å². The maximum Gasteiger partial charge on any atom is 0.139 e. The van der Waals surface area contributed by atoms with Crippen molar-refractivity contribution in [2.75, 3.05) is 5.32 Å². The molecule has 0 saturated carbocycles. The Balaban J connectivity index is 1.84. The Morgan fingerprint density at radius 3 is 2.81 bits per heavy atom. The second kappa shape index (κ2) is 8.74. The van der Waals surface area contributed by atoms with Gasteiger partial charge in [-0.05, 0) is 56.5 Å². The standard InChI is InChI=1S/C26H29N5/c1-5-16(2)15-30-25(19-12-14-28-18(19)4)22-7-6-13-29-26(22)31-24-17(3)8-9-20-21(24)10-11-23(20)27/h6-15,23,28H,5,27H2,1-4H3,(H,29,31). The third kappa shape index (κ3) is 4.09. The first-order valence-corrected chi connectivity index (χ1v) is 10.7. The lowest BCUT2D eigenvalue weighted by Crippen LogP contribution is -2.10. The Morgan fingerprint density at radius 2 is 2.06 bits per heavy atom. The van der Waals surface area contributed by atoms with Crippen molar-refractivity contribution in [3.8, 4) is 0 Å². The monoisotopic (exact) mass is 411 g/mol. The van der Waals surface area contributed by atoms with E-state index in [0.717, 1.165) is 57.1 Å². The number of pyridine rings is 1. The third-order valence-electron chi connectivity index (χ3n) is 5.80. The molecule has 2 heterocycles. The highest BCUT2D eigenvalue weighted by atomic mass is 15.0. The predicted molar refractivity (Wildman–Crippen MR) is 130 cm³/mol. The summed E-state index contributed by atoms with van der Waals surface area (Å²) >= 11 is 0. The molecular weight excluding hydrogens is 382 g/mol. The van der Waals surface area contributed by atoms with Gasteiger partial charge < -0.3 is 16.0 Å². The Hall–Kier alpha value is -3.44. The highest BCUT2D eigenvalue weighted by Crippen LogP contribution is 2.36. The predicted octanol–water partition coefficient (Wildman–Crippen LogP) is 5.95. The molecule has 1 aromatic carbocycles. The summed E-state index contributed by atoms with van der Waals surface area (Å²) in [5.74, 6) is 0.773. The molecule has 158 valence electrons. The van der Waals surface area contributed by atoms with Gasteiger partial charge in [-0.2, -0.15) is 0 Å². The Morgan fingerprint density at radius 1 is 1.23 bits per heavy atom. The van der Waals surface area contributed by atoms with Gasteiger partial charge in [0.05, 0.1) is 11.4 Å². The Kier molecular flexibility index (Phi) is 5.87. The molecule has 0 saturated heterocycles. The van der Waals surface area contributed by atoms with E-state index in [-0.39, 0.29) is 6.04 Å². The van der Waals surface area contributed by atoms with Gasteiger partial charge in [-0.1, -0.05) is 36.8 Å². The van der Waals surface area contributed by atoms with Crippen LogP contribution in [0, 0.1) is 13.8 Å². The summed E-state index contributed by atoms with van der Waals surface area (Å²) in [7, 11) is 0. The van der Waals surface area contributed by atoms with Crippen molar-refractivity contribution in [1.82, 2.24) is 9.97 Å². The smallest absolute Gasteiger partial charge is 0.139 e. The van der Waals surface area contributed by atoms with E-state index in [1.807, 2.05) is 24.5 Å². The van der Waals surface area contributed by atoms with E-state index in [1.54, 1.807) is 6.20 Å². The number of aliphatic imine (C=N–C) groups is 1. The van der Waals surface area contributed by atoms with Gasteiger partial charge in [0.15, 0.2) is 0 Å². The van der Waals surface area contributed by atoms with Crippen molar-refractivity contribution >= 4 is 23.3 Å². The molecule has 1 aliphatic rings. The van der Waals surface area contributed by atoms with E-state index in [4.69, 9.17) is 10.7 Å². The van der Waals surface area contributed by atoms with Crippen LogP contribution >= 0.6 is 0 Å². The number of hydrogen-bond acceptors (Lipinski definition) is 4. The molecule has 3 aromatic rings. The summed E-state index contributed by atoms with van der Waals surface area (Å²) in [6, 6.07) is 10.2. The number of nitrogens with one attached hydrogen (secondary N) is 2. The summed E-state index contributed by atoms with van der Waals surface area (Å²) in [4.78, 5) is 12.9. The zero-order valence-electron chi connectivity index (χ0n) is 18.5. The lowest BCUT2D eigenvalue weighted by atomic mass is 10.0. The second-order valence-electron chi connectivity index (χ2n) is 7.99. The van der Waals surface area contributed by atoms with E-state index in [1.165, 1.54) is 5.57 Å². The maximum absolute atomic E-state index is 6.24. The van der Waals surface area contributed by atoms with Crippen LogP contribution in [0.4, 0.5) is 11.5 Å². The minimum absolute atomic E-state index is 0.0684. The van der Waals surface area contributed by atoms with Crippen molar-refractivity contribution in [2.24, 2.45) is 10.7 Å². The number of nitrogens with zero attached hydrogens (tertiary/aromatic N) is 2. The number of aromatic nitrogens is 2. The number of hydrogen-bond donors (Lipinski definition) is 3. The summed E-state index contributed by atoms with van der Waals surface area (Å²) in [5, 5.41) is 3.60. The van der Waals surface area contributed by atoms with Crippen LogP contribution < -0.4 is 11.1 Å². The first-order valence-electron chi connectivity index (χ1n) is 10.7. The van der Waals surface area contributed by atoms with Gasteiger partial charge in [0.1, 0.15) is 5.82 Å². The van der Waals surface area contributed by atoms with Crippen LogP contribution in [-0.4, -0.2) is 15.7 Å². The van der Waals surface area contributed by atoms with Crippen LogP contribution in [0.3, 0.4) is 0 Å². The van der Waals surface area contributed by atoms with Crippen LogP contribution in [-0.2, 0) is 0 Å². The first-order chi connectivity index (χ1) is 15.0. The molecule has 0 spiro atoms. The SMILES string of the molecule is CCC(C)=CN=C(c1cccnc1Nc1c(C)ccc2c1C=CC2N)c1cc[nH]c1C. The fourth-order valence-corrected chi connectivity index (χ4v) is 3.76. The van der Waals surface area contributed by atoms with E-state index in [2.05, 4.69) is 73.3 Å². The number of H-pyrrole nitrogens is 1. The molecular formula is C26H29N5. The van der Waals surface area contributed by atoms with E-state index in [0.29, 0.717) is 0 Å². The molecule has 0 bridgehead atoms. The van der Waals surface area contributed by atoms with Gasteiger partial charge in [0.25, 0.3) is 0 Å². The molecule has 0 aliphatic heterocycles. The Bertz CT molecular complexity index is 1200. The third-order valence-corrected chi connectivity index (χ3v) is 5.80. The van der Waals surface area contributed by atoms with E-state index >= 15 is 0 Å². The molecule has 31 heavy (non-hydrogen) atoms. The second-order valence-corrected chi connectivity index (χ2v) is 7.99. The van der Waals surface area contributed by atoms with Crippen molar-refractivity contribution in [1.29, 1.82) is 0 Å².